The standard InChI is InChI=1S/C15H14O5S/c1-20-13-6-3-7-14(9-13)21(18,19)10-11-4-2-5-12(8-11)15(16)17/h2-9H,10H2,1H3,(H,16,17). The second-order valence-electron chi connectivity index (χ2n) is 4.44. The van der Waals surface area contributed by atoms with Crippen LogP contribution in [0.4, 0.5) is 0 Å². The highest BCUT2D eigenvalue weighted by molar-refractivity contribution is 7.90. The van der Waals surface area contributed by atoms with Crippen molar-refractivity contribution in [3.8, 4) is 5.75 Å². The van der Waals surface area contributed by atoms with E-state index in [4.69, 9.17) is 9.84 Å². The van der Waals surface area contributed by atoms with E-state index in [1.54, 1.807) is 18.2 Å². The van der Waals surface area contributed by atoms with Crippen LogP contribution >= 0.6 is 0 Å². The molecule has 0 aliphatic heterocycles. The van der Waals surface area contributed by atoms with Gasteiger partial charge in [-0.15, -0.1) is 0 Å². The number of methoxy groups -OCH3 is 1. The summed E-state index contributed by atoms with van der Waals surface area (Å²) in [5.41, 5.74) is 0.492. The summed E-state index contributed by atoms with van der Waals surface area (Å²) in [5, 5.41) is 8.93. The zero-order valence-electron chi connectivity index (χ0n) is 11.3. The Hall–Kier alpha value is -2.34. The fourth-order valence-corrected chi connectivity index (χ4v) is 3.26. The van der Waals surface area contributed by atoms with Crippen molar-refractivity contribution in [2.45, 2.75) is 10.6 Å². The average molecular weight is 306 g/mol. The maximum Gasteiger partial charge on any atom is 0.335 e. The van der Waals surface area contributed by atoms with E-state index in [-0.39, 0.29) is 16.2 Å². The van der Waals surface area contributed by atoms with Crippen molar-refractivity contribution in [3.05, 3.63) is 59.7 Å². The van der Waals surface area contributed by atoms with Gasteiger partial charge in [-0.05, 0) is 35.9 Å². The van der Waals surface area contributed by atoms with E-state index < -0.39 is 15.8 Å². The zero-order chi connectivity index (χ0) is 15.5. The van der Waals surface area contributed by atoms with Crippen LogP contribution in [0.15, 0.2) is 53.4 Å². The first kappa shape index (κ1) is 15.1. The first-order chi connectivity index (χ1) is 9.92. The number of benzene rings is 2. The van der Waals surface area contributed by atoms with Gasteiger partial charge in [0.15, 0.2) is 9.84 Å². The summed E-state index contributed by atoms with van der Waals surface area (Å²) in [6.45, 7) is 0. The number of rotatable bonds is 5. The number of sulfone groups is 1. The molecule has 1 N–H and O–H groups in total. The van der Waals surface area contributed by atoms with E-state index in [1.165, 1.54) is 37.4 Å². The van der Waals surface area contributed by atoms with Gasteiger partial charge < -0.3 is 9.84 Å². The van der Waals surface area contributed by atoms with E-state index in [0.717, 1.165) is 0 Å². The van der Waals surface area contributed by atoms with Crippen LogP contribution in [0.2, 0.25) is 0 Å². The van der Waals surface area contributed by atoms with Crippen LogP contribution in [-0.2, 0) is 15.6 Å². The molecular weight excluding hydrogens is 292 g/mol. The minimum atomic E-state index is -3.56. The Morgan fingerprint density at radius 3 is 2.52 bits per heavy atom. The number of aromatic carboxylic acids is 1. The van der Waals surface area contributed by atoms with Crippen LogP contribution in [0.1, 0.15) is 15.9 Å². The molecule has 5 nitrogen and oxygen atoms in total. The number of ether oxygens (including phenoxy) is 1. The number of carboxylic acids is 1. The summed E-state index contributed by atoms with van der Waals surface area (Å²) in [7, 11) is -2.10. The third-order valence-electron chi connectivity index (χ3n) is 2.93. The molecule has 2 aromatic carbocycles. The predicted octanol–water partition coefficient (Wildman–Crippen LogP) is 2.37. The molecule has 0 aromatic heterocycles. The zero-order valence-corrected chi connectivity index (χ0v) is 12.1. The van der Waals surface area contributed by atoms with Gasteiger partial charge in [-0.1, -0.05) is 18.2 Å². The fourth-order valence-electron chi connectivity index (χ4n) is 1.89. The third kappa shape index (κ3) is 3.61. The molecular formula is C15H14O5S. The SMILES string of the molecule is COc1cccc(S(=O)(=O)Cc2cccc(C(=O)O)c2)c1. The second kappa shape index (κ2) is 5.97. The van der Waals surface area contributed by atoms with E-state index in [9.17, 15) is 13.2 Å². The van der Waals surface area contributed by atoms with Gasteiger partial charge in [0, 0.05) is 0 Å². The third-order valence-corrected chi connectivity index (χ3v) is 4.62. The van der Waals surface area contributed by atoms with Crippen LogP contribution in [0, 0.1) is 0 Å². The van der Waals surface area contributed by atoms with Crippen molar-refractivity contribution in [2.24, 2.45) is 0 Å². The molecule has 0 spiro atoms. The molecule has 0 bridgehead atoms. The van der Waals surface area contributed by atoms with Crippen molar-refractivity contribution >= 4 is 15.8 Å². The van der Waals surface area contributed by atoms with Gasteiger partial charge in [0.2, 0.25) is 0 Å². The molecule has 0 aliphatic rings. The van der Waals surface area contributed by atoms with Gasteiger partial charge in [0.1, 0.15) is 5.75 Å². The van der Waals surface area contributed by atoms with Crippen molar-refractivity contribution in [2.75, 3.05) is 7.11 Å². The monoisotopic (exact) mass is 306 g/mol. The Kier molecular flexibility index (Phi) is 4.28. The molecule has 0 radical (unpaired) electrons. The lowest BCUT2D eigenvalue weighted by molar-refractivity contribution is 0.0696. The molecule has 0 heterocycles. The Morgan fingerprint density at radius 1 is 1.14 bits per heavy atom. The van der Waals surface area contributed by atoms with Crippen molar-refractivity contribution in [3.63, 3.8) is 0 Å². The summed E-state index contributed by atoms with van der Waals surface area (Å²) in [6.07, 6.45) is 0. The Balaban J connectivity index is 2.32. The molecule has 0 aliphatic carbocycles. The predicted molar refractivity (Wildman–Crippen MR) is 77.3 cm³/mol. The summed E-state index contributed by atoms with van der Waals surface area (Å²) >= 11 is 0. The summed E-state index contributed by atoms with van der Waals surface area (Å²) < 4.78 is 29.7. The van der Waals surface area contributed by atoms with Crippen LogP contribution < -0.4 is 4.74 Å². The largest absolute Gasteiger partial charge is 0.497 e. The van der Waals surface area contributed by atoms with Gasteiger partial charge in [-0.3, -0.25) is 0 Å². The minimum Gasteiger partial charge on any atom is -0.497 e. The van der Waals surface area contributed by atoms with Gasteiger partial charge in [-0.2, -0.15) is 0 Å². The second-order valence-corrected chi connectivity index (χ2v) is 6.43. The van der Waals surface area contributed by atoms with E-state index in [0.29, 0.717) is 11.3 Å². The first-order valence-corrected chi connectivity index (χ1v) is 7.76. The molecule has 21 heavy (non-hydrogen) atoms. The average Bonchev–Trinajstić information content (AvgIpc) is 2.47. The maximum atomic E-state index is 12.3. The topological polar surface area (TPSA) is 80.7 Å². The van der Waals surface area contributed by atoms with Crippen LogP contribution in [-0.4, -0.2) is 26.6 Å². The van der Waals surface area contributed by atoms with E-state index in [1.807, 2.05) is 0 Å². The summed E-state index contributed by atoms with van der Waals surface area (Å²) in [5.74, 6) is -0.896. The molecule has 0 saturated carbocycles. The van der Waals surface area contributed by atoms with Crippen molar-refractivity contribution in [1.82, 2.24) is 0 Å². The van der Waals surface area contributed by atoms with Gasteiger partial charge in [0.25, 0.3) is 0 Å². The first-order valence-electron chi connectivity index (χ1n) is 6.11. The molecule has 2 aromatic rings. The summed E-state index contributed by atoms with van der Waals surface area (Å²) in [6, 6.07) is 12.1. The Labute approximate surface area is 122 Å². The van der Waals surface area contributed by atoms with Crippen LogP contribution in [0.5, 0.6) is 5.75 Å². The smallest absolute Gasteiger partial charge is 0.335 e. The van der Waals surface area contributed by atoms with Crippen molar-refractivity contribution in [1.29, 1.82) is 0 Å². The van der Waals surface area contributed by atoms with Gasteiger partial charge in [-0.25, -0.2) is 13.2 Å². The molecule has 0 atom stereocenters. The highest BCUT2D eigenvalue weighted by Crippen LogP contribution is 2.21. The normalized spacial score (nSPS) is 11.1. The van der Waals surface area contributed by atoms with Crippen LogP contribution in [0.25, 0.3) is 0 Å². The number of hydrogen-bond acceptors (Lipinski definition) is 4. The lowest BCUT2D eigenvalue weighted by Gasteiger charge is -2.07. The molecule has 110 valence electrons. The number of hydrogen-bond donors (Lipinski definition) is 1. The van der Waals surface area contributed by atoms with Crippen LogP contribution in [0.3, 0.4) is 0 Å². The molecule has 0 unspecified atom stereocenters. The Bertz CT molecular complexity index is 765. The quantitative estimate of drug-likeness (QED) is 0.917. The maximum absolute atomic E-state index is 12.3. The lowest BCUT2D eigenvalue weighted by Crippen LogP contribution is -2.06. The Morgan fingerprint density at radius 2 is 1.86 bits per heavy atom. The lowest BCUT2D eigenvalue weighted by atomic mass is 10.1. The van der Waals surface area contributed by atoms with Gasteiger partial charge >= 0.3 is 5.97 Å². The number of carboxylic acid groups (broad SMARTS) is 1. The number of carbonyl (C=O) groups is 1. The molecule has 0 saturated heterocycles. The van der Waals surface area contributed by atoms with E-state index in [2.05, 4.69) is 0 Å². The van der Waals surface area contributed by atoms with E-state index >= 15 is 0 Å². The van der Waals surface area contributed by atoms with Crippen molar-refractivity contribution < 1.29 is 23.1 Å². The van der Waals surface area contributed by atoms with Gasteiger partial charge in [0.05, 0.1) is 23.3 Å². The molecule has 0 fully saturated rings. The molecule has 0 amide bonds. The minimum absolute atomic E-state index is 0.0633. The summed E-state index contributed by atoms with van der Waals surface area (Å²) in [4.78, 5) is 11.0. The molecule has 6 heteroatoms. The highest BCUT2D eigenvalue weighted by atomic mass is 32.2. The fraction of sp³-hybridized carbons (Fsp3) is 0.133. The highest BCUT2D eigenvalue weighted by Gasteiger charge is 2.17. The molecule has 2 rings (SSSR count).